The molecule has 2 nitrogen and oxygen atoms in total. The SMILES string of the molecule is COC1CCC(NCc2ccc(Br)cc2F)C1. The first-order chi connectivity index (χ1) is 8.19. The minimum Gasteiger partial charge on any atom is -0.381 e. The number of hydrogen-bond acceptors (Lipinski definition) is 2. The van der Waals surface area contributed by atoms with Crippen LogP contribution in [0.5, 0.6) is 0 Å². The number of halogens is 2. The summed E-state index contributed by atoms with van der Waals surface area (Å²) in [5.74, 6) is -0.159. The Bertz CT molecular complexity index is 386. The number of ether oxygens (including phenoxy) is 1. The zero-order valence-electron chi connectivity index (χ0n) is 9.88. The zero-order chi connectivity index (χ0) is 12.3. The summed E-state index contributed by atoms with van der Waals surface area (Å²) in [6, 6.07) is 5.63. The highest BCUT2D eigenvalue weighted by atomic mass is 79.9. The molecule has 1 saturated carbocycles. The summed E-state index contributed by atoms with van der Waals surface area (Å²) >= 11 is 3.25. The molecule has 1 aliphatic rings. The molecule has 17 heavy (non-hydrogen) atoms. The highest BCUT2D eigenvalue weighted by Gasteiger charge is 2.23. The molecule has 0 saturated heterocycles. The molecule has 2 unspecified atom stereocenters. The molecule has 1 N–H and O–H groups in total. The van der Waals surface area contributed by atoms with E-state index in [2.05, 4.69) is 21.2 Å². The van der Waals surface area contributed by atoms with Gasteiger partial charge in [-0.25, -0.2) is 4.39 Å². The number of hydrogen-bond donors (Lipinski definition) is 1. The van der Waals surface area contributed by atoms with E-state index in [9.17, 15) is 4.39 Å². The average molecular weight is 302 g/mol. The lowest BCUT2D eigenvalue weighted by Gasteiger charge is -2.13. The van der Waals surface area contributed by atoms with Crippen molar-refractivity contribution in [3.8, 4) is 0 Å². The van der Waals surface area contributed by atoms with E-state index in [0.717, 1.165) is 23.7 Å². The third-order valence-corrected chi connectivity index (χ3v) is 3.81. The van der Waals surface area contributed by atoms with E-state index in [4.69, 9.17) is 4.74 Å². The van der Waals surface area contributed by atoms with Crippen molar-refractivity contribution in [2.24, 2.45) is 0 Å². The maximum atomic E-state index is 13.6. The van der Waals surface area contributed by atoms with E-state index < -0.39 is 0 Å². The normalized spacial score (nSPS) is 24.2. The van der Waals surface area contributed by atoms with Crippen molar-refractivity contribution in [1.82, 2.24) is 5.32 Å². The minimum atomic E-state index is -0.159. The second-order valence-corrected chi connectivity index (χ2v) is 5.40. The molecule has 0 aromatic heterocycles. The number of nitrogens with one attached hydrogen (secondary N) is 1. The summed E-state index contributed by atoms with van der Waals surface area (Å²) in [4.78, 5) is 0. The molecule has 1 aromatic rings. The van der Waals surface area contributed by atoms with E-state index in [-0.39, 0.29) is 5.82 Å². The fourth-order valence-electron chi connectivity index (χ4n) is 2.26. The summed E-state index contributed by atoms with van der Waals surface area (Å²) in [7, 11) is 1.75. The van der Waals surface area contributed by atoms with Crippen LogP contribution in [0.15, 0.2) is 22.7 Å². The predicted octanol–water partition coefficient (Wildman–Crippen LogP) is 3.25. The van der Waals surface area contributed by atoms with Gasteiger partial charge in [0, 0.05) is 29.7 Å². The van der Waals surface area contributed by atoms with E-state index in [1.54, 1.807) is 7.11 Å². The molecule has 2 atom stereocenters. The van der Waals surface area contributed by atoms with Gasteiger partial charge < -0.3 is 10.1 Å². The van der Waals surface area contributed by atoms with Gasteiger partial charge in [-0.2, -0.15) is 0 Å². The molecule has 0 bridgehead atoms. The van der Waals surface area contributed by atoms with E-state index in [1.807, 2.05) is 12.1 Å². The second kappa shape index (κ2) is 5.94. The molecule has 0 heterocycles. The van der Waals surface area contributed by atoms with Crippen LogP contribution < -0.4 is 5.32 Å². The zero-order valence-corrected chi connectivity index (χ0v) is 11.5. The van der Waals surface area contributed by atoms with Gasteiger partial charge >= 0.3 is 0 Å². The minimum absolute atomic E-state index is 0.159. The third kappa shape index (κ3) is 3.50. The Hall–Kier alpha value is -0.450. The first-order valence-electron chi connectivity index (χ1n) is 5.89. The summed E-state index contributed by atoms with van der Waals surface area (Å²) < 4.78 is 19.7. The highest BCUT2D eigenvalue weighted by molar-refractivity contribution is 9.10. The van der Waals surface area contributed by atoms with Gasteiger partial charge in [0.05, 0.1) is 6.10 Å². The van der Waals surface area contributed by atoms with Crippen molar-refractivity contribution in [3.63, 3.8) is 0 Å². The molecule has 1 fully saturated rings. The average Bonchev–Trinajstić information content (AvgIpc) is 2.76. The summed E-state index contributed by atoms with van der Waals surface area (Å²) in [6.07, 6.45) is 3.59. The van der Waals surface area contributed by atoms with Crippen LogP contribution >= 0.6 is 15.9 Å². The third-order valence-electron chi connectivity index (χ3n) is 3.31. The Morgan fingerprint density at radius 3 is 2.94 bits per heavy atom. The molecule has 1 aliphatic carbocycles. The summed E-state index contributed by atoms with van der Waals surface area (Å²) in [5.41, 5.74) is 0.717. The molecule has 1 aromatic carbocycles. The van der Waals surface area contributed by atoms with Crippen molar-refractivity contribution in [3.05, 3.63) is 34.1 Å². The second-order valence-electron chi connectivity index (χ2n) is 4.48. The van der Waals surface area contributed by atoms with E-state index in [1.165, 1.54) is 6.07 Å². The monoisotopic (exact) mass is 301 g/mol. The number of rotatable bonds is 4. The van der Waals surface area contributed by atoms with Crippen LogP contribution in [0.4, 0.5) is 4.39 Å². The van der Waals surface area contributed by atoms with Gasteiger partial charge in [-0.3, -0.25) is 0 Å². The molecule has 0 spiro atoms. The van der Waals surface area contributed by atoms with Gasteiger partial charge in [-0.1, -0.05) is 22.0 Å². The van der Waals surface area contributed by atoms with Crippen molar-refractivity contribution in [2.75, 3.05) is 7.11 Å². The molecular formula is C13H17BrFNO. The Balaban J connectivity index is 1.86. The summed E-state index contributed by atoms with van der Waals surface area (Å²) in [5, 5.41) is 3.39. The Morgan fingerprint density at radius 1 is 1.47 bits per heavy atom. The van der Waals surface area contributed by atoms with Crippen LogP contribution in [-0.4, -0.2) is 19.3 Å². The summed E-state index contributed by atoms with van der Waals surface area (Å²) in [6.45, 7) is 0.584. The van der Waals surface area contributed by atoms with Gasteiger partial charge in [-0.05, 0) is 31.4 Å². The molecule has 0 radical (unpaired) electrons. The van der Waals surface area contributed by atoms with E-state index in [0.29, 0.717) is 24.3 Å². The topological polar surface area (TPSA) is 21.3 Å². The molecule has 2 rings (SSSR count). The Labute approximate surface area is 110 Å². The van der Waals surface area contributed by atoms with Gasteiger partial charge in [0.15, 0.2) is 0 Å². The van der Waals surface area contributed by atoms with Crippen LogP contribution in [-0.2, 0) is 11.3 Å². The quantitative estimate of drug-likeness (QED) is 0.922. The lowest BCUT2D eigenvalue weighted by molar-refractivity contribution is 0.107. The Kier molecular flexibility index (Phi) is 4.54. The van der Waals surface area contributed by atoms with Gasteiger partial charge in [0.25, 0.3) is 0 Å². The standard InChI is InChI=1S/C13H17BrFNO/c1-17-12-5-4-11(7-12)16-8-9-2-3-10(14)6-13(9)15/h2-3,6,11-12,16H,4-5,7-8H2,1H3. The highest BCUT2D eigenvalue weighted by Crippen LogP contribution is 2.22. The van der Waals surface area contributed by atoms with Crippen LogP contribution in [0.2, 0.25) is 0 Å². The maximum Gasteiger partial charge on any atom is 0.128 e. The fraction of sp³-hybridized carbons (Fsp3) is 0.538. The Morgan fingerprint density at radius 2 is 2.29 bits per heavy atom. The molecule has 0 aliphatic heterocycles. The molecule has 94 valence electrons. The number of methoxy groups -OCH3 is 1. The predicted molar refractivity (Wildman–Crippen MR) is 69.4 cm³/mol. The first kappa shape index (κ1) is 13.0. The molecule has 4 heteroatoms. The van der Waals surface area contributed by atoms with E-state index >= 15 is 0 Å². The van der Waals surface area contributed by atoms with Crippen LogP contribution in [0.1, 0.15) is 24.8 Å². The van der Waals surface area contributed by atoms with Crippen LogP contribution in [0, 0.1) is 5.82 Å². The van der Waals surface area contributed by atoms with Gasteiger partial charge in [0.1, 0.15) is 5.82 Å². The first-order valence-corrected chi connectivity index (χ1v) is 6.68. The van der Waals surface area contributed by atoms with Gasteiger partial charge in [-0.15, -0.1) is 0 Å². The van der Waals surface area contributed by atoms with Crippen LogP contribution in [0.25, 0.3) is 0 Å². The fourth-order valence-corrected chi connectivity index (χ4v) is 2.59. The lowest BCUT2D eigenvalue weighted by atomic mass is 10.2. The van der Waals surface area contributed by atoms with Crippen molar-refractivity contribution in [2.45, 2.75) is 38.0 Å². The maximum absolute atomic E-state index is 13.6. The number of benzene rings is 1. The molecular weight excluding hydrogens is 285 g/mol. The van der Waals surface area contributed by atoms with Crippen molar-refractivity contribution in [1.29, 1.82) is 0 Å². The van der Waals surface area contributed by atoms with Gasteiger partial charge in [0.2, 0.25) is 0 Å². The van der Waals surface area contributed by atoms with Crippen LogP contribution in [0.3, 0.4) is 0 Å². The van der Waals surface area contributed by atoms with Crippen molar-refractivity contribution < 1.29 is 9.13 Å². The van der Waals surface area contributed by atoms with Crippen molar-refractivity contribution >= 4 is 15.9 Å². The largest absolute Gasteiger partial charge is 0.381 e. The lowest BCUT2D eigenvalue weighted by Crippen LogP contribution is -2.27. The smallest absolute Gasteiger partial charge is 0.128 e. The molecule has 0 amide bonds.